The maximum atomic E-state index is 9.73. The van der Waals surface area contributed by atoms with E-state index in [9.17, 15) is 19.8 Å². The Morgan fingerprint density at radius 1 is 1.36 bits per heavy atom. The van der Waals surface area contributed by atoms with Gasteiger partial charge in [-0.3, -0.25) is 0 Å². The zero-order valence-corrected chi connectivity index (χ0v) is 12.7. The van der Waals surface area contributed by atoms with Crippen LogP contribution in [0.4, 0.5) is 0 Å². The fourth-order valence-corrected chi connectivity index (χ4v) is 2.04. The van der Waals surface area contributed by atoms with Gasteiger partial charge in [0.2, 0.25) is 0 Å². The summed E-state index contributed by atoms with van der Waals surface area (Å²) in [6.45, 7) is 5.15. The summed E-state index contributed by atoms with van der Waals surface area (Å²) in [4.78, 5) is 19.4. The fraction of sp³-hybridized carbons (Fsp3) is 0.556. The SMILES string of the molecule is C=C(CC(=O)[O-])C(=O)[O-].CCC[CH2][PbH+2]. The van der Waals surface area contributed by atoms with Crippen molar-refractivity contribution in [3.05, 3.63) is 12.2 Å². The van der Waals surface area contributed by atoms with Crippen molar-refractivity contribution in [1.29, 1.82) is 0 Å². The summed E-state index contributed by atoms with van der Waals surface area (Å²) in [6, 6.07) is 0. The monoisotopic (exact) mass is 394 g/mol. The maximum absolute atomic E-state index is 9.73. The third-order valence-corrected chi connectivity index (χ3v) is 2.79. The van der Waals surface area contributed by atoms with Gasteiger partial charge in [-0.05, 0) is 5.57 Å². The average Bonchev–Trinajstić information content (AvgIpc) is 2.05. The van der Waals surface area contributed by atoms with Crippen LogP contribution in [-0.2, 0) is 9.59 Å². The van der Waals surface area contributed by atoms with Crippen LogP contribution in [0.1, 0.15) is 26.2 Å². The first-order valence-electron chi connectivity index (χ1n) is 4.24. The Bertz CT molecular complexity index is 199. The van der Waals surface area contributed by atoms with Crippen LogP contribution in [0.5, 0.6) is 0 Å². The molecule has 78 valence electrons. The molecular weight excluding hydrogens is 379 g/mol. The molecule has 0 radical (unpaired) electrons. The molecule has 0 spiro atoms. The number of unbranched alkanes of at least 4 members (excludes halogenated alkanes) is 1. The Hall–Kier alpha value is -0.398. The summed E-state index contributed by atoms with van der Waals surface area (Å²) in [5, 5.41) is 19.4. The van der Waals surface area contributed by atoms with E-state index in [4.69, 9.17) is 0 Å². The molecule has 0 amide bonds. The Labute approximate surface area is 99.7 Å². The molecule has 5 heteroatoms. The Balaban J connectivity index is 0. The van der Waals surface area contributed by atoms with Gasteiger partial charge in [-0.25, -0.2) is 0 Å². The van der Waals surface area contributed by atoms with Crippen LogP contribution in [-0.4, -0.2) is 37.7 Å². The first-order valence-corrected chi connectivity index (χ1v) is 7.42. The molecule has 0 rings (SSSR count). The van der Waals surface area contributed by atoms with Crippen molar-refractivity contribution < 1.29 is 19.8 Å². The van der Waals surface area contributed by atoms with E-state index >= 15 is 0 Å². The zero-order chi connectivity index (χ0) is 11.6. The molecule has 0 aliphatic carbocycles. The van der Waals surface area contributed by atoms with Crippen molar-refractivity contribution >= 4 is 37.7 Å². The fourth-order valence-electron chi connectivity index (χ4n) is 0.451. The average molecular weight is 393 g/mol. The number of rotatable bonds is 5. The number of carboxylic acids is 2. The van der Waals surface area contributed by atoms with Gasteiger partial charge in [-0.2, -0.15) is 0 Å². The number of carbonyl (C=O) groups is 2. The van der Waals surface area contributed by atoms with Gasteiger partial charge in [-0.1, -0.05) is 6.58 Å². The van der Waals surface area contributed by atoms with Crippen molar-refractivity contribution in [2.75, 3.05) is 0 Å². The Kier molecular flexibility index (Phi) is 12.2. The molecule has 0 aromatic rings. The second-order valence-electron chi connectivity index (χ2n) is 2.58. The third-order valence-electron chi connectivity index (χ3n) is 1.20. The van der Waals surface area contributed by atoms with Crippen molar-refractivity contribution in [2.45, 2.75) is 30.2 Å². The molecule has 0 saturated carbocycles. The minimum absolute atomic E-state index is 0.477. The number of hydrogen-bond donors (Lipinski definition) is 0. The van der Waals surface area contributed by atoms with Crippen LogP contribution in [0.3, 0.4) is 0 Å². The van der Waals surface area contributed by atoms with Gasteiger partial charge in [0.25, 0.3) is 0 Å². The van der Waals surface area contributed by atoms with Crippen molar-refractivity contribution in [3.63, 3.8) is 0 Å². The van der Waals surface area contributed by atoms with E-state index in [-0.39, 0.29) is 0 Å². The predicted octanol–water partition coefficient (Wildman–Crippen LogP) is -1.46. The molecule has 14 heavy (non-hydrogen) atoms. The topological polar surface area (TPSA) is 80.3 Å². The van der Waals surface area contributed by atoms with Gasteiger partial charge in [0.05, 0.1) is 5.97 Å². The van der Waals surface area contributed by atoms with E-state index in [1.807, 2.05) is 0 Å². The van der Waals surface area contributed by atoms with E-state index in [0.717, 1.165) is 0 Å². The molecule has 4 nitrogen and oxygen atoms in total. The van der Waals surface area contributed by atoms with Crippen molar-refractivity contribution in [2.24, 2.45) is 0 Å². The van der Waals surface area contributed by atoms with Crippen LogP contribution in [0.15, 0.2) is 12.2 Å². The van der Waals surface area contributed by atoms with Crippen LogP contribution in [0.25, 0.3) is 0 Å². The predicted molar refractivity (Wildman–Crippen MR) is 50.6 cm³/mol. The van der Waals surface area contributed by atoms with Crippen molar-refractivity contribution in [1.82, 2.24) is 0 Å². The van der Waals surface area contributed by atoms with E-state index in [0.29, 0.717) is 0 Å². The Morgan fingerprint density at radius 2 is 1.86 bits per heavy atom. The summed E-state index contributed by atoms with van der Waals surface area (Å²) < 4.78 is 1.51. The van der Waals surface area contributed by atoms with Crippen LogP contribution in [0, 0.1) is 0 Å². The second-order valence-corrected chi connectivity index (χ2v) is 4.83. The summed E-state index contributed by atoms with van der Waals surface area (Å²) >= 11 is 1.24. The molecule has 0 heterocycles. The van der Waals surface area contributed by atoms with Gasteiger partial charge in [-0.15, -0.1) is 0 Å². The van der Waals surface area contributed by atoms with E-state index in [2.05, 4.69) is 13.5 Å². The number of carbonyl (C=O) groups excluding carboxylic acids is 2. The molecular formula is C9H14O4Pb. The van der Waals surface area contributed by atoms with Crippen molar-refractivity contribution in [3.8, 4) is 0 Å². The molecule has 0 aliphatic rings. The molecule has 0 N–H and O–H groups in total. The normalized spacial score (nSPS) is 8.29. The standard InChI is InChI=1S/C5H6O4.C4H9.Pb.H/c1-3(5(8)9)2-4(6)7;1-3-4-2;;/h1-2H2,(H,6,7)(H,8,9);1,3-4H2,2H3;;/q;;+2;/p-2. The molecule has 0 bridgehead atoms. The van der Waals surface area contributed by atoms with Gasteiger partial charge >= 0.3 is 49.5 Å². The molecule has 0 aromatic heterocycles. The summed E-state index contributed by atoms with van der Waals surface area (Å²) in [5.74, 6) is -3.02. The van der Waals surface area contributed by atoms with E-state index in [1.165, 1.54) is 42.6 Å². The quantitative estimate of drug-likeness (QED) is 0.422. The van der Waals surface area contributed by atoms with Crippen LogP contribution in [0.2, 0.25) is 3.98 Å². The second kappa shape index (κ2) is 10.7. The first kappa shape index (κ1) is 16.0. The Morgan fingerprint density at radius 3 is 1.93 bits per heavy atom. The van der Waals surface area contributed by atoms with Gasteiger partial charge in [0.15, 0.2) is 0 Å². The third kappa shape index (κ3) is 14.1. The van der Waals surface area contributed by atoms with E-state index in [1.54, 1.807) is 0 Å². The minimum atomic E-state index is -1.56. The van der Waals surface area contributed by atoms with Gasteiger partial charge in [0, 0.05) is 12.4 Å². The zero-order valence-electron chi connectivity index (χ0n) is 8.25. The van der Waals surface area contributed by atoms with E-state index < -0.39 is 23.9 Å². The summed E-state index contributed by atoms with van der Waals surface area (Å²) in [7, 11) is 0. The summed E-state index contributed by atoms with van der Waals surface area (Å²) in [6.07, 6.45) is 2.17. The number of aliphatic carboxylic acids is 2. The molecule has 0 aromatic carbocycles. The summed E-state index contributed by atoms with van der Waals surface area (Å²) in [5.41, 5.74) is -0.477. The molecule has 0 aliphatic heterocycles. The van der Waals surface area contributed by atoms with Crippen LogP contribution >= 0.6 is 0 Å². The van der Waals surface area contributed by atoms with Gasteiger partial charge in [0.1, 0.15) is 0 Å². The molecule has 0 fully saturated rings. The molecule has 0 saturated heterocycles. The number of hydrogen-bond acceptors (Lipinski definition) is 4. The van der Waals surface area contributed by atoms with Crippen LogP contribution < -0.4 is 10.2 Å². The molecule has 0 atom stereocenters. The molecule has 0 unspecified atom stereocenters. The first-order chi connectivity index (χ1) is 6.45. The van der Waals surface area contributed by atoms with Gasteiger partial charge < -0.3 is 19.8 Å². The number of carboxylic acid groups (broad SMARTS) is 2.